The second-order valence-corrected chi connectivity index (χ2v) is 1.08. The van der Waals surface area contributed by atoms with Gasteiger partial charge in [-0.3, -0.25) is 0 Å². The van der Waals surface area contributed by atoms with Crippen molar-refractivity contribution in [3.63, 3.8) is 0 Å². The van der Waals surface area contributed by atoms with Gasteiger partial charge in [0.2, 0.25) is 0 Å². The second-order valence-electron chi connectivity index (χ2n) is 1.08. The molecule has 0 saturated heterocycles. The van der Waals surface area contributed by atoms with E-state index >= 15 is 0 Å². The van der Waals surface area contributed by atoms with Crippen LogP contribution in [0, 0.1) is 18.8 Å². The number of unbranched alkanes of at least 4 members (excludes halogenated alkanes) is 2. The van der Waals surface area contributed by atoms with Gasteiger partial charge in [0.1, 0.15) is 0 Å². The largest absolute Gasteiger partial charge is 0.0888 e. The van der Waals surface area contributed by atoms with Crippen molar-refractivity contribution in [1.29, 1.82) is 0 Å². The molecule has 0 bridgehead atoms. The molecule has 32 valence electrons. The summed E-state index contributed by atoms with van der Waals surface area (Å²) in [7, 11) is 0. The minimum Gasteiger partial charge on any atom is -0.0888 e. The first-order chi connectivity index (χ1) is 2.91. The molecule has 0 aromatic rings. The molecule has 0 rings (SSSR count). The highest BCUT2D eigenvalue weighted by Crippen LogP contribution is 1.86. The Labute approximate surface area is 39.6 Å². The van der Waals surface area contributed by atoms with Crippen molar-refractivity contribution in [3.05, 3.63) is 12.8 Å². The third kappa shape index (κ3) is 3.56. The summed E-state index contributed by atoms with van der Waals surface area (Å²) in [6, 6.07) is 0. The summed E-state index contributed by atoms with van der Waals surface area (Å²) in [5.74, 6) is 2.26. The summed E-state index contributed by atoms with van der Waals surface area (Å²) in [5.41, 5.74) is 0. The zero-order valence-electron chi connectivity index (χ0n) is 3.99. The molecule has 0 heterocycles. The Morgan fingerprint density at radius 3 is 2.67 bits per heavy atom. The van der Waals surface area contributed by atoms with E-state index in [0.29, 0.717) is 6.42 Å². The van der Waals surface area contributed by atoms with Gasteiger partial charge in [-0.25, -0.2) is 0 Å². The normalized spacial score (nSPS) is 7.33. The summed E-state index contributed by atoms with van der Waals surface area (Å²) < 4.78 is 0. The van der Waals surface area contributed by atoms with E-state index < -0.39 is 0 Å². The molecule has 0 amide bonds. The SMILES string of the molecule is [C]#CC[CH]CC. The van der Waals surface area contributed by atoms with Crippen LogP contribution in [-0.4, -0.2) is 0 Å². The predicted octanol–water partition coefficient (Wildman–Crippen LogP) is 1.58. The van der Waals surface area contributed by atoms with E-state index in [-0.39, 0.29) is 0 Å². The Kier molecular flexibility index (Phi) is 4.23. The van der Waals surface area contributed by atoms with E-state index in [1.54, 1.807) is 0 Å². The zero-order valence-corrected chi connectivity index (χ0v) is 3.99. The molecule has 0 fully saturated rings. The van der Waals surface area contributed by atoms with Crippen LogP contribution in [0.3, 0.4) is 0 Å². The summed E-state index contributed by atoms with van der Waals surface area (Å²) in [5, 5.41) is 0. The van der Waals surface area contributed by atoms with Crippen molar-refractivity contribution in [1.82, 2.24) is 0 Å². The Bertz CT molecular complexity index is 47.5. The van der Waals surface area contributed by atoms with Gasteiger partial charge in [-0.05, 0) is 12.8 Å². The lowest BCUT2D eigenvalue weighted by Crippen LogP contribution is -1.64. The van der Waals surface area contributed by atoms with E-state index in [4.69, 9.17) is 6.42 Å². The van der Waals surface area contributed by atoms with Crippen LogP contribution in [0.1, 0.15) is 19.8 Å². The maximum absolute atomic E-state index is 6.42. The third-order valence-corrected chi connectivity index (χ3v) is 0.535. The van der Waals surface area contributed by atoms with Crippen LogP contribution in [0.15, 0.2) is 0 Å². The van der Waals surface area contributed by atoms with Crippen molar-refractivity contribution in [3.8, 4) is 5.92 Å². The summed E-state index contributed by atoms with van der Waals surface area (Å²) in [6.45, 7) is 2.05. The molecular weight excluding hydrogens is 72.1 g/mol. The zero-order chi connectivity index (χ0) is 4.83. The number of hydrogen-bond donors (Lipinski definition) is 0. The molecule has 2 radical (unpaired) electrons. The average Bonchev–Trinajstić information content (AvgIpc) is 1.61. The smallest absolute Gasteiger partial charge is 0.0130 e. The molecule has 0 saturated carbocycles. The lowest BCUT2D eigenvalue weighted by molar-refractivity contribution is 1.04. The molecule has 0 spiro atoms. The molecule has 0 aliphatic carbocycles. The molecule has 0 heteroatoms. The lowest BCUT2D eigenvalue weighted by atomic mass is 10.3. The molecule has 0 aromatic carbocycles. The molecule has 6 heavy (non-hydrogen) atoms. The molecule has 0 aromatic heterocycles. The molecular formula is C6H8. The van der Waals surface area contributed by atoms with Crippen molar-refractivity contribution >= 4 is 0 Å². The maximum atomic E-state index is 6.42. The highest BCUT2D eigenvalue weighted by molar-refractivity contribution is 4.83. The average molecular weight is 80.1 g/mol. The summed E-state index contributed by atoms with van der Waals surface area (Å²) >= 11 is 0. The fourth-order valence-corrected chi connectivity index (χ4v) is 0.217. The number of hydrogen-bond acceptors (Lipinski definition) is 0. The van der Waals surface area contributed by atoms with Crippen LogP contribution in [0.5, 0.6) is 0 Å². The molecule has 0 unspecified atom stereocenters. The Morgan fingerprint density at radius 1 is 1.83 bits per heavy atom. The van der Waals surface area contributed by atoms with Gasteiger partial charge in [-0.15, -0.1) is 0 Å². The number of rotatable bonds is 2. The first kappa shape index (κ1) is 5.56. The lowest BCUT2D eigenvalue weighted by Gasteiger charge is -1.78. The minimum absolute atomic E-state index is 0.705. The highest BCUT2D eigenvalue weighted by atomic mass is 13.8. The van der Waals surface area contributed by atoms with E-state index in [1.165, 1.54) is 0 Å². The van der Waals surface area contributed by atoms with E-state index in [1.807, 2.05) is 6.42 Å². The van der Waals surface area contributed by atoms with Gasteiger partial charge < -0.3 is 0 Å². The predicted molar refractivity (Wildman–Crippen MR) is 26.3 cm³/mol. The van der Waals surface area contributed by atoms with Crippen molar-refractivity contribution in [2.45, 2.75) is 19.8 Å². The molecule has 0 nitrogen and oxygen atoms in total. The van der Waals surface area contributed by atoms with Crippen LogP contribution in [0.4, 0.5) is 0 Å². The Morgan fingerprint density at radius 2 is 2.50 bits per heavy atom. The van der Waals surface area contributed by atoms with Gasteiger partial charge in [-0.1, -0.05) is 19.3 Å². The van der Waals surface area contributed by atoms with Gasteiger partial charge in [0.15, 0.2) is 0 Å². The molecule has 0 aliphatic rings. The van der Waals surface area contributed by atoms with E-state index in [0.717, 1.165) is 6.42 Å². The van der Waals surface area contributed by atoms with Gasteiger partial charge >= 0.3 is 0 Å². The van der Waals surface area contributed by atoms with Crippen LogP contribution >= 0.6 is 0 Å². The summed E-state index contributed by atoms with van der Waals surface area (Å²) in [6.07, 6.45) is 10.2. The van der Waals surface area contributed by atoms with Crippen molar-refractivity contribution < 1.29 is 0 Å². The molecule has 0 aliphatic heterocycles. The van der Waals surface area contributed by atoms with Crippen LogP contribution in [-0.2, 0) is 0 Å². The third-order valence-electron chi connectivity index (χ3n) is 0.535. The Hall–Kier alpha value is -0.440. The Balaban J connectivity index is 2.54. The summed E-state index contributed by atoms with van der Waals surface area (Å²) in [4.78, 5) is 0. The van der Waals surface area contributed by atoms with Gasteiger partial charge in [0.05, 0.1) is 0 Å². The van der Waals surface area contributed by atoms with E-state index in [9.17, 15) is 0 Å². The standard InChI is InChI=1S/C6H8/c1-3-5-6-4-2/h5H,3,6H2,1H3. The fourth-order valence-electron chi connectivity index (χ4n) is 0.217. The molecule has 0 atom stereocenters. The minimum atomic E-state index is 0.705. The maximum Gasteiger partial charge on any atom is 0.0130 e. The van der Waals surface area contributed by atoms with Crippen LogP contribution in [0.2, 0.25) is 0 Å². The fraction of sp³-hybridized carbons (Fsp3) is 0.500. The van der Waals surface area contributed by atoms with Gasteiger partial charge in [0, 0.05) is 6.42 Å². The van der Waals surface area contributed by atoms with Crippen molar-refractivity contribution in [2.75, 3.05) is 0 Å². The highest BCUT2D eigenvalue weighted by Gasteiger charge is 1.72. The molecule has 0 N–H and O–H groups in total. The van der Waals surface area contributed by atoms with Crippen LogP contribution in [0.25, 0.3) is 0 Å². The van der Waals surface area contributed by atoms with Gasteiger partial charge in [0.25, 0.3) is 0 Å². The topological polar surface area (TPSA) is 0 Å². The first-order valence-corrected chi connectivity index (χ1v) is 2.13. The van der Waals surface area contributed by atoms with Crippen LogP contribution < -0.4 is 0 Å². The monoisotopic (exact) mass is 80.1 g/mol. The quantitative estimate of drug-likeness (QED) is 0.349. The van der Waals surface area contributed by atoms with Crippen molar-refractivity contribution in [2.24, 2.45) is 0 Å². The second kappa shape index (κ2) is 4.56. The van der Waals surface area contributed by atoms with Gasteiger partial charge in [-0.2, -0.15) is 0 Å². The first-order valence-electron chi connectivity index (χ1n) is 2.13. The van der Waals surface area contributed by atoms with E-state index in [2.05, 4.69) is 12.8 Å².